The molecule has 3 N–H and O–H groups in total. The predicted octanol–water partition coefficient (Wildman–Crippen LogP) is 1.35. The van der Waals surface area contributed by atoms with E-state index < -0.39 is 11.8 Å². The molecule has 8 nitrogen and oxygen atoms in total. The lowest BCUT2D eigenvalue weighted by molar-refractivity contribution is -0.139. The Morgan fingerprint density at radius 3 is 2.41 bits per heavy atom. The Bertz CT molecular complexity index is 992. The summed E-state index contributed by atoms with van der Waals surface area (Å²) in [4.78, 5) is 24.8. The second kappa shape index (κ2) is 7.69. The topological polar surface area (TPSA) is 109 Å². The largest absolute Gasteiger partial charge is 0.505 e. The van der Waals surface area contributed by atoms with E-state index in [2.05, 4.69) is 27.4 Å². The number of hydrogen-bond donors (Lipinski definition) is 3. The molecule has 3 aromatic rings. The van der Waals surface area contributed by atoms with Crippen LogP contribution < -0.4 is 10.6 Å². The van der Waals surface area contributed by atoms with Gasteiger partial charge in [0.15, 0.2) is 0 Å². The molecule has 8 heteroatoms. The minimum atomic E-state index is -0.790. The zero-order chi connectivity index (χ0) is 19.4. The normalized spacial score (nSPS) is 10.6. The molecule has 2 amide bonds. The standard InChI is InChI=1S/C19H19N5O3/c1-3-8-20-18(26)19(27)21-11-13-9-12(2)10-16(17(13)25)24-22-14-6-4-5-7-15(14)23-24/h3-7,9-10,25H,1,8,11H2,2H3,(H,20,26)(H,21,27). The molecule has 0 aliphatic carbocycles. The molecule has 1 aromatic heterocycles. The highest BCUT2D eigenvalue weighted by molar-refractivity contribution is 6.35. The van der Waals surface area contributed by atoms with Gasteiger partial charge in [-0.2, -0.15) is 0 Å². The number of aromatic nitrogens is 3. The molecule has 1 heterocycles. The first-order chi connectivity index (χ1) is 13.0. The van der Waals surface area contributed by atoms with Crippen molar-refractivity contribution in [2.24, 2.45) is 0 Å². The number of carbonyl (C=O) groups is 2. The highest BCUT2D eigenvalue weighted by Gasteiger charge is 2.16. The van der Waals surface area contributed by atoms with E-state index in [4.69, 9.17) is 0 Å². The number of nitrogens with zero attached hydrogens (tertiary/aromatic N) is 3. The third-order valence-corrected chi connectivity index (χ3v) is 3.87. The van der Waals surface area contributed by atoms with Crippen LogP contribution in [0.5, 0.6) is 5.75 Å². The molecule has 3 rings (SSSR count). The first-order valence-electron chi connectivity index (χ1n) is 8.31. The quantitative estimate of drug-likeness (QED) is 0.467. The van der Waals surface area contributed by atoms with Gasteiger partial charge >= 0.3 is 11.8 Å². The lowest BCUT2D eigenvalue weighted by Crippen LogP contribution is -2.39. The van der Waals surface area contributed by atoms with Crippen LogP contribution >= 0.6 is 0 Å². The first-order valence-corrected chi connectivity index (χ1v) is 8.31. The highest BCUT2D eigenvalue weighted by Crippen LogP contribution is 2.27. The lowest BCUT2D eigenvalue weighted by Gasteiger charge is -2.11. The van der Waals surface area contributed by atoms with Crippen LogP contribution in [0.1, 0.15) is 11.1 Å². The van der Waals surface area contributed by atoms with E-state index in [-0.39, 0.29) is 18.8 Å². The Balaban J connectivity index is 1.84. The summed E-state index contributed by atoms with van der Waals surface area (Å²) in [7, 11) is 0. The molecule has 0 unspecified atom stereocenters. The Morgan fingerprint density at radius 1 is 1.15 bits per heavy atom. The number of aromatic hydroxyl groups is 1. The molecular weight excluding hydrogens is 346 g/mol. The van der Waals surface area contributed by atoms with Crippen molar-refractivity contribution in [3.05, 3.63) is 60.2 Å². The summed E-state index contributed by atoms with van der Waals surface area (Å²) in [6, 6.07) is 10.8. The summed E-state index contributed by atoms with van der Waals surface area (Å²) in [5, 5.41) is 24.2. The molecule has 0 saturated carbocycles. The fraction of sp³-hybridized carbons (Fsp3) is 0.158. The summed E-state index contributed by atoms with van der Waals surface area (Å²) < 4.78 is 0. The van der Waals surface area contributed by atoms with E-state index in [1.54, 1.807) is 12.1 Å². The molecule has 0 spiro atoms. The van der Waals surface area contributed by atoms with E-state index in [1.165, 1.54) is 10.9 Å². The summed E-state index contributed by atoms with van der Waals surface area (Å²) in [5.74, 6) is -1.61. The number of hydrogen-bond acceptors (Lipinski definition) is 5. The second-order valence-electron chi connectivity index (χ2n) is 5.95. The Hall–Kier alpha value is -3.68. The average Bonchev–Trinajstić information content (AvgIpc) is 3.10. The van der Waals surface area contributed by atoms with Gasteiger partial charge in [0, 0.05) is 18.7 Å². The van der Waals surface area contributed by atoms with Crippen LogP contribution in [0.15, 0.2) is 49.1 Å². The van der Waals surface area contributed by atoms with Crippen molar-refractivity contribution in [3.63, 3.8) is 0 Å². The number of carbonyl (C=O) groups excluding carboxylic acids is 2. The van der Waals surface area contributed by atoms with Gasteiger partial charge in [-0.05, 0) is 30.7 Å². The Morgan fingerprint density at radius 2 is 1.78 bits per heavy atom. The molecular formula is C19H19N5O3. The van der Waals surface area contributed by atoms with Gasteiger partial charge < -0.3 is 15.7 Å². The summed E-state index contributed by atoms with van der Waals surface area (Å²) in [5.41, 5.74) is 3.10. The van der Waals surface area contributed by atoms with Crippen molar-refractivity contribution in [3.8, 4) is 11.4 Å². The van der Waals surface area contributed by atoms with Gasteiger partial charge in [-0.15, -0.1) is 21.6 Å². The van der Waals surface area contributed by atoms with Crippen LogP contribution in [0, 0.1) is 6.92 Å². The number of phenols is 1. The van der Waals surface area contributed by atoms with Crippen molar-refractivity contribution in [1.29, 1.82) is 0 Å². The molecule has 138 valence electrons. The SMILES string of the molecule is C=CCNC(=O)C(=O)NCc1cc(C)cc(-n2nc3ccccc3n2)c1O. The minimum absolute atomic E-state index is 0.0123. The van der Waals surface area contributed by atoms with Crippen molar-refractivity contribution in [2.45, 2.75) is 13.5 Å². The van der Waals surface area contributed by atoms with Crippen LogP contribution in [-0.2, 0) is 16.1 Å². The average molecular weight is 365 g/mol. The number of aryl methyl sites for hydroxylation is 1. The van der Waals surface area contributed by atoms with Crippen molar-refractivity contribution < 1.29 is 14.7 Å². The third-order valence-electron chi connectivity index (χ3n) is 3.87. The Labute approximate surface area is 155 Å². The molecule has 0 fully saturated rings. The van der Waals surface area contributed by atoms with Gasteiger partial charge in [0.1, 0.15) is 22.5 Å². The Kier molecular flexibility index (Phi) is 5.16. The highest BCUT2D eigenvalue weighted by atomic mass is 16.3. The minimum Gasteiger partial charge on any atom is -0.505 e. The lowest BCUT2D eigenvalue weighted by atomic mass is 10.1. The number of amides is 2. The maximum atomic E-state index is 11.8. The molecule has 0 aliphatic rings. The summed E-state index contributed by atoms with van der Waals surface area (Å²) >= 11 is 0. The van der Waals surface area contributed by atoms with Crippen LogP contribution in [0.3, 0.4) is 0 Å². The number of benzene rings is 2. The zero-order valence-electron chi connectivity index (χ0n) is 14.8. The van der Waals surface area contributed by atoms with Gasteiger partial charge in [-0.1, -0.05) is 24.3 Å². The third kappa shape index (κ3) is 3.95. The fourth-order valence-corrected chi connectivity index (χ4v) is 2.59. The van der Waals surface area contributed by atoms with E-state index in [0.717, 1.165) is 5.56 Å². The van der Waals surface area contributed by atoms with Gasteiger partial charge in [-0.3, -0.25) is 9.59 Å². The van der Waals surface area contributed by atoms with Crippen LogP contribution in [-0.4, -0.2) is 38.5 Å². The second-order valence-corrected chi connectivity index (χ2v) is 5.95. The molecule has 0 bridgehead atoms. The predicted molar refractivity (Wildman–Crippen MR) is 100 cm³/mol. The first kappa shape index (κ1) is 18.1. The maximum absolute atomic E-state index is 11.8. The van der Waals surface area contributed by atoms with Crippen molar-refractivity contribution in [2.75, 3.05) is 6.54 Å². The smallest absolute Gasteiger partial charge is 0.309 e. The van der Waals surface area contributed by atoms with E-state index in [1.807, 2.05) is 31.2 Å². The number of fused-ring (bicyclic) bond motifs is 1. The molecule has 0 radical (unpaired) electrons. The van der Waals surface area contributed by atoms with Gasteiger partial charge in [0.25, 0.3) is 0 Å². The fourth-order valence-electron chi connectivity index (χ4n) is 2.59. The maximum Gasteiger partial charge on any atom is 0.309 e. The van der Waals surface area contributed by atoms with Gasteiger partial charge in [0.05, 0.1) is 0 Å². The van der Waals surface area contributed by atoms with E-state index in [9.17, 15) is 14.7 Å². The molecule has 0 saturated heterocycles. The van der Waals surface area contributed by atoms with E-state index >= 15 is 0 Å². The summed E-state index contributed by atoms with van der Waals surface area (Å²) in [6.07, 6.45) is 1.48. The molecule has 0 atom stereocenters. The molecule has 27 heavy (non-hydrogen) atoms. The molecule has 2 aromatic carbocycles. The van der Waals surface area contributed by atoms with Crippen molar-refractivity contribution in [1.82, 2.24) is 25.6 Å². The number of nitrogens with one attached hydrogen (secondary N) is 2. The molecule has 0 aliphatic heterocycles. The number of rotatable bonds is 5. The van der Waals surface area contributed by atoms with Crippen molar-refractivity contribution >= 4 is 22.8 Å². The monoisotopic (exact) mass is 365 g/mol. The van der Waals surface area contributed by atoms with Crippen LogP contribution in [0.4, 0.5) is 0 Å². The van der Waals surface area contributed by atoms with Crippen LogP contribution in [0.2, 0.25) is 0 Å². The van der Waals surface area contributed by atoms with Gasteiger partial charge in [0.2, 0.25) is 0 Å². The summed E-state index contributed by atoms with van der Waals surface area (Å²) in [6.45, 7) is 5.51. The zero-order valence-corrected chi connectivity index (χ0v) is 14.8. The van der Waals surface area contributed by atoms with Gasteiger partial charge in [-0.25, -0.2) is 0 Å². The van der Waals surface area contributed by atoms with Crippen LogP contribution in [0.25, 0.3) is 16.7 Å². The van der Waals surface area contributed by atoms with E-state index in [0.29, 0.717) is 22.3 Å². The number of phenolic OH excluding ortho intramolecular Hbond substituents is 1.